The molecule has 184 valence electrons. The predicted molar refractivity (Wildman–Crippen MR) is 111 cm³/mol. The van der Waals surface area contributed by atoms with E-state index in [9.17, 15) is 35.5 Å². The average molecular weight is 498 g/mol. The van der Waals surface area contributed by atoms with Gasteiger partial charge in [-0.3, -0.25) is 4.79 Å². The SMILES string of the molecule is CC(c1cc(C(F)(F)F)cc(C(F)(F)F)c1)N1Cc2c(-c3ccccc3F)ccnc2OCC1=O. The van der Waals surface area contributed by atoms with E-state index in [1.165, 1.54) is 37.4 Å². The van der Waals surface area contributed by atoms with Crippen molar-refractivity contribution in [3.63, 3.8) is 0 Å². The highest BCUT2D eigenvalue weighted by atomic mass is 19.4. The van der Waals surface area contributed by atoms with Crippen LogP contribution in [0.2, 0.25) is 0 Å². The lowest BCUT2D eigenvalue weighted by molar-refractivity contribution is -0.143. The molecule has 0 aliphatic carbocycles. The number of carbonyl (C=O) groups excluding carboxylic acids is 1. The summed E-state index contributed by atoms with van der Waals surface area (Å²) in [5.41, 5.74) is -2.54. The maximum absolute atomic E-state index is 14.5. The molecule has 0 saturated heterocycles. The number of ether oxygens (including phenoxy) is 1. The molecule has 1 unspecified atom stereocenters. The summed E-state index contributed by atoms with van der Waals surface area (Å²) >= 11 is 0. The summed E-state index contributed by atoms with van der Waals surface area (Å²) in [6.45, 7) is 0.498. The molecule has 0 fully saturated rings. The lowest BCUT2D eigenvalue weighted by atomic mass is 9.97. The topological polar surface area (TPSA) is 42.4 Å². The van der Waals surface area contributed by atoms with Crippen molar-refractivity contribution in [2.24, 2.45) is 0 Å². The highest BCUT2D eigenvalue weighted by Crippen LogP contribution is 2.40. The highest BCUT2D eigenvalue weighted by Gasteiger charge is 2.38. The van der Waals surface area contributed by atoms with Gasteiger partial charge in [-0.1, -0.05) is 18.2 Å². The second-order valence-electron chi connectivity index (χ2n) is 7.95. The van der Waals surface area contributed by atoms with Gasteiger partial charge < -0.3 is 9.64 Å². The van der Waals surface area contributed by atoms with Crippen molar-refractivity contribution in [2.75, 3.05) is 6.61 Å². The second kappa shape index (κ2) is 8.86. The van der Waals surface area contributed by atoms with Gasteiger partial charge in [0.1, 0.15) is 5.82 Å². The Morgan fingerprint density at radius 3 is 2.17 bits per heavy atom. The second-order valence-corrected chi connectivity index (χ2v) is 7.95. The Bertz CT molecular complexity index is 1240. The monoisotopic (exact) mass is 498 g/mol. The van der Waals surface area contributed by atoms with Gasteiger partial charge in [0.05, 0.1) is 23.7 Å². The number of hydrogen-bond acceptors (Lipinski definition) is 3. The Labute approximate surface area is 195 Å². The van der Waals surface area contributed by atoms with Crippen LogP contribution >= 0.6 is 0 Å². The lowest BCUT2D eigenvalue weighted by Gasteiger charge is -2.29. The molecular formula is C24H17F7N2O2. The van der Waals surface area contributed by atoms with Crippen LogP contribution in [0.4, 0.5) is 30.7 Å². The van der Waals surface area contributed by atoms with Gasteiger partial charge in [-0.05, 0) is 48.4 Å². The first kappa shape index (κ1) is 24.5. The molecule has 35 heavy (non-hydrogen) atoms. The first-order valence-corrected chi connectivity index (χ1v) is 10.3. The summed E-state index contributed by atoms with van der Waals surface area (Å²) in [5.74, 6) is -1.22. The molecule has 2 aromatic carbocycles. The Morgan fingerprint density at radius 1 is 0.943 bits per heavy atom. The molecule has 1 aliphatic heterocycles. The molecule has 0 N–H and O–H groups in total. The molecule has 1 amide bonds. The van der Waals surface area contributed by atoms with Gasteiger partial charge in [0.2, 0.25) is 5.88 Å². The Kier molecular flexibility index (Phi) is 6.20. The summed E-state index contributed by atoms with van der Waals surface area (Å²) in [5, 5.41) is 0. The summed E-state index contributed by atoms with van der Waals surface area (Å²) < 4.78 is 100. The molecule has 4 rings (SSSR count). The van der Waals surface area contributed by atoms with Crippen molar-refractivity contribution in [2.45, 2.75) is 31.9 Å². The Morgan fingerprint density at radius 2 is 1.57 bits per heavy atom. The smallest absolute Gasteiger partial charge is 0.416 e. The van der Waals surface area contributed by atoms with E-state index >= 15 is 0 Å². The molecule has 4 nitrogen and oxygen atoms in total. The normalized spacial score (nSPS) is 15.3. The quantitative estimate of drug-likeness (QED) is 0.392. The molecule has 0 spiro atoms. The zero-order valence-electron chi connectivity index (χ0n) is 18.0. The summed E-state index contributed by atoms with van der Waals surface area (Å²) in [7, 11) is 0. The number of aromatic nitrogens is 1. The number of carbonyl (C=O) groups is 1. The predicted octanol–water partition coefficient (Wildman–Crippen LogP) is 6.41. The summed E-state index contributed by atoms with van der Waals surface area (Å²) in [6.07, 6.45) is -8.71. The highest BCUT2D eigenvalue weighted by molar-refractivity contribution is 5.80. The molecule has 1 aliphatic rings. The van der Waals surface area contributed by atoms with Crippen LogP contribution in [-0.2, 0) is 23.7 Å². The van der Waals surface area contributed by atoms with Crippen molar-refractivity contribution < 1.29 is 40.3 Å². The van der Waals surface area contributed by atoms with E-state index in [1.807, 2.05) is 0 Å². The Balaban J connectivity index is 1.80. The van der Waals surface area contributed by atoms with E-state index in [4.69, 9.17) is 4.74 Å². The number of benzene rings is 2. The van der Waals surface area contributed by atoms with Crippen molar-refractivity contribution in [3.05, 3.63) is 82.8 Å². The number of rotatable bonds is 3. The maximum atomic E-state index is 14.5. The summed E-state index contributed by atoms with van der Waals surface area (Å²) in [6, 6.07) is 7.29. The van der Waals surface area contributed by atoms with Gasteiger partial charge in [-0.15, -0.1) is 0 Å². The largest absolute Gasteiger partial charge is 0.467 e. The van der Waals surface area contributed by atoms with Crippen LogP contribution in [0.5, 0.6) is 5.88 Å². The van der Waals surface area contributed by atoms with E-state index in [-0.39, 0.29) is 35.2 Å². The average Bonchev–Trinajstić information content (AvgIpc) is 2.96. The Hall–Kier alpha value is -3.63. The number of fused-ring (bicyclic) bond motifs is 1. The van der Waals surface area contributed by atoms with E-state index in [1.54, 1.807) is 6.07 Å². The number of amides is 1. The van der Waals surface area contributed by atoms with Crippen LogP contribution in [0.25, 0.3) is 11.1 Å². The van der Waals surface area contributed by atoms with Crippen LogP contribution in [0.1, 0.15) is 35.2 Å². The number of nitrogens with zero attached hydrogens (tertiary/aromatic N) is 2. The molecule has 1 aromatic heterocycles. The maximum Gasteiger partial charge on any atom is 0.416 e. The number of alkyl halides is 6. The van der Waals surface area contributed by atoms with Crippen LogP contribution in [0, 0.1) is 5.82 Å². The molecule has 0 bridgehead atoms. The van der Waals surface area contributed by atoms with Gasteiger partial charge in [0, 0.05) is 17.3 Å². The van der Waals surface area contributed by atoms with Crippen molar-refractivity contribution in [1.82, 2.24) is 9.88 Å². The van der Waals surface area contributed by atoms with Gasteiger partial charge in [0.25, 0.3) is 5.91 Å². The van der Waals surface area contributed by atoms with Crippen molar-refractivity contribution in [1.29, 1.82) is 0 Å². The summed E-state index contributed by atoms with van der Waals surface area (Å²) in [4.78, 5) is 18.0. The third kappa shape index (κ3) is 4.94. The van der Waals surface area contributed by atoms with Crippen LogP contribution < -0.4 is 4.74 Å². The standard InChI is InChI=1S/C24H17F7N2O2/c1-13(14-8-15(23(26,27)28)10-16(9-14)24(29,30)31)33-11-19-17(18-4-2-3-5-20(18)25)6-7-32-22(19)35-12-21(33)34/h2-10,13H,11-12H2,1H3. The lowest BCUT2D eigenvalue weighted by Crippen LogP contribution is -2.35. The van der Waals surface area contributed by atoms with E-state index in [2.05, 4.69) is 4.98 Å². The first-order chi connectivity index (χ1) is 16.4. The zero-order chi connectivity index (χ0) is 25.5. The van der Waals surface area contributed by atoms with Crippen molar-refractivity contribution in [3.8, 4) is 17.0 Å². The van der Waals surface area contributed by atoms with Gasteiger partial charge in [-0.2, -0.15) is 26.3 Å². The third-order valence-electron chi connectivity index (χ3n) is 5.72. The molecule has 0 radical (unpaired) electrons. The minimum atomic E-state index is -5.03. The zero-order valence-corrected chi connectivity index (χ0v) is 18.0. The van der Waals surface area contributed by atoms with Crippen LogP contribution in [0.15, 0.2) is 54.7 Å². The minimum Gasteiger partial charge on any atom is -0.467 e. The molecule has 0 saturated carbocycles. The number of pyridine rings is 1. The van der Waals surface area contributed by atoms with Gasteiger partial charge in [0.15, 0.2) is 6.61 Å². The molecule has 3 aromatic rings. The fourth-order valence-corrected chi connectivity index (χ4v) is 3.91. The van der Waals surface area contributed by atoms with E-state index in [0.717, 1.165) is 4.90 Å². The fraction of sp³-hybridized carbons (Fsp3) is 0.250. The van der Waals surface area contributed by atoms with Gasteiger partial charge >= 0.3 is 12.4 Å². The molecule has 11 heteroatoms. The number of halogens is 7. The van der Waals surface area contributed by atoms with E-state index < -0.39 is 47.9 Å². The fourth-order valence-electron chi connectivity index (χ4n) is 3.91. The molecular weight excluding hydrogens is 481 g/mol. The minimum absolute atomic E-state index is 0.0221. The molecule has 1 atom stereocenters. The first-order valence-electron chi connectivity index (χ1n) is 10.3. The van der Waals surface area contributed by atoms with Gasteiger partial charge in [-0.25, -0.2) is 9.37 Å². The van der Waals surface area contributed by atoms with Crippen molar-refractivity contribution >= 4 is 5.91 Å². The van der Waals surface area contributed by atoms with Crippen LogP contribution in [-0.4, -0.2) is 22.4 Å². The number of hydrogen-bond donors (Lipinski definition) is 0. The van der Waals surface area contributed by atoms with E-state index in [0.29, 0.717) is 17.7 Å². The molecule has 2 heterocycles. The van der Waals surface area contributed by atoms with Crippen LogP contribution in [0.3, 0.4) is 0 Å². The third-order valence-corrected chi connectivity index (χ3v) is 5.72.